The molecule has 0 unspecified atom stereocenters. The van der Waals surface area contributed by atoms with Crippen LogP contribution in [0.1, 0.15) is 6.42 Å². The Hall–Kier alpha value is -2.30. The van der Waals surface area contributed by atoms with Crippen molar-refractivity contribution in [3.8, 4) is 0 Å². The van der Waals surface area contributed by atoms with Gasteiger partial charge in [-0.2, -0.15) is 0 Å². The molecule has 0 spiro atoms. The Morgan fingerprint density at radius 1 is 0.467 bits per heavy atom. The molecule has 4 aromatic carbocycles. The summed E-state index contributed by atoms with van der Waals surface area (Å²) < 4.78 is 0. The third-order valence-electron chi connectivity index (χ3n) is 5.16. The molecule has 2 N–H and O–H groups in total. The second-order valence-electron chi connectivity index (χ2n) is 7.14. The normalized spacial score (nSPS) is 11.3. The van der Waals surface area contributed by atoms with Crippen LogP contribution in [-0.4, -0.2) is 11.9 Å². The molecule has 30 heavy (non-hydrogen) atoms. The highest BCUT2D eigenvalue weighted by molar-refractivity contribution is 7.89. The van der Waals surface area contributed by atoms with E-state index in [-0.39, 0.29) is 0 Å². The van der Waals surface area contributed by atoms with E-state index in [1.807, 2.05) is 0 Å². The first-order chi connectivity index (χ1) is 14.9. The van der Waals surface area contributed by atoms with E-state index in [1.165, 1.54) is 21.2 Å². The van der Waals surface area contributed by atoms with Gasteiger partial charge in [0.15, 0.2) is 0 Å². The molecule has 0 aliphatic rings. The zero-order chi connectivity index (χ0) is 20.6. The minimum absolute atomic E-state index is 0.467. The Balaban J connectivity index is 1.89. The van der Waals surface area contributed by atoms with Crippen LogP contribution >= 0.6 is 15.8 Å². The van der Waals surface area contributed by atoms with Gasteiger partial charge in [0.1, 0.15) is 0 Å². The lowest BCUT2D eigenvalue weighted by molar-refractivity contribution is 0.907. The fourth-order valence-corrected chi connectivity index (χ4v) is 11.1. The van der Waals surface area contributed by atoms with Gasteiger partial charge in [-0.05, 0) is 50.0 Å². The highest BCUT2D eigenvalue weighted by Crippen LogP contribution is 2.57. The maximum atomic E-state index is 6.24. The molecule has 150 valence electrons. The smallest absolute Gasteiger partial charge is 0.0167 e. The molecule has 0 fully saturated rings. The van der Waals surface area contributed by atoms with Crippen LogP contribution in [0.25, 0.3) is 0 Å². The molecule has 0 atom stereocenters. The molecule has 0 aliphatic heterocycles. The summed E-state index contributed by atoms with van der Waals surface area (Å²) in [6, 6.07) is 44.1. The summed E-state index contributed by atoms with van der Waals surface area (Å²) in [6.45, 7) is 0.696. The van der Waals surface area contributed by atoms with Crippen molar-refractivity contribution in [2.75, 3.05) is 6.54 Å². The van der Waals surface area contributed by atoms with E-state index in [2.05, 4.69) is 121 Å². The molecule has 0 heterocycles. The lowest BCUT2D eigenvalue weighted by Crippen LogP contribution is -2.29. The van der Waals surface area contributed by atoms with E-state index < -0.39 is 15.8 Å². The van der Waals surface area contributed by atoms with Crippen molar-refractivity contribution in [3.05, 3.63) is 121 Å². The van der Waals surface area contributed by atoms with E-state index in [0.29, 0.717) is 11.9 Å². The number of rotatable bonds is 8. The maximum Gasteiger partial charge on any atom is 0.0167 e. The summed E-state index contributed by atoms with van der Waals surface area (Å²) in [6.07, 6.45) is 1.00. The van der Waals surface area contributed by atoms with Crippen LogP contribution in [0, 0.1) is 0 Å². The Kier molecular flexibility index (Phi) is 7.44. The average molecular weight is 427 g/mol. The number of hydrogen-bond acceptors (Lipinski definition) is 1. The molecule has 0 amide bonds. The SMILES string of the molecule is NCCC(P(c1ccccc1)c1ccccc1)P(c1ccccc1)c1ccccc1. The van der Waals surface area contributed by atoms with Gasteiger partial charge in [-0.15, -0.1) is 0 Å². The molecule has 0 saturated heterocycles. The van der Waals surface area contributed by atoms with Gasteiger partial charge in [0.05, 0.1) is 0 Å². The first-order valence-corrected chi connectivity index (χ1v) is 13.2. The highest BCUT2D eigenvalue weighted by atomic mass is 31.2. The van der Waals surface area contributed by atoms with Gasteiger partial charge in [-0.25, -0.2) is 0 Å². The molecule has 0 radical (unpaired) electrons. The van der Waals surface area contributed by atoms with Gasteiger partial charge in [-0.1, -0.05) is 121 Å². The molecule has 0 aliphatic carbocycles. The quantitative estimate of drug-likeness (QED) is 0.397. The number of benzene rings is 4. The van der Waals surface area contributed by atoms with E-state index >= 15 is 0 Å². The number of nitrogens with two attached hydrogens (primary N) is 1. The van der Waals surface area contributed by atoms with E-state index in [9.17, 15) is 0 Å². The highest BCUT2D eigenvalue weighted by Gasteiger charge is 2.32. The summed E-state index contributed by atoms with van der Waals surface area (Å²) in [5.41, 5.74) is 6.24. The van der Waals surface area contributed by atoms with Crippen LogP contribution in [0.4, 0.5) is 0 Å². The second-order valence-corrected chi connectivity index (χ2v) is 12.3. The van der Waals surface area contributed by atoms with Crippen LogP contribution in [0.5, 0.6) is 0 Å². The summed E-state index contributed by atoms with van der Waals surface area (Å²) in [5, 5.41) is 6.18. The van der Waals surface area contributed by atoms with Crippen LogP contribution in [-0.2, 0) is 0 Å². The summed E-state index contributed by atoms with van der Waals surface area (Å²) >= 11 is 0. The molecule has 0 saturated carbocycles. The molecule has 0 aromatic heterocycles. The Bertz CT molecular complexity index is 846. The molecule has 4 aromatic rings. The standard InChI is InChI=1S/C27H27NP2/c28-22-21-27(29(23-13-5-1-6-14-23)24-15-7-2-8-16-24)30(25-17-9-3-10-18-25)26-19-11-4-12-20-26/h1-20,27H,21-22,28H2. The first-order valence-electron chi connectivity index (χ1n) is 10.4. The van der Waals surface area contributed by atoms with Crippen LogP contribution in [0.3, 0.4) is 0 Å². The van der Waals surface area contributed by atoms with Crippen molar-refractivity contribution in [2.45, 2.75) is 11.8 Å². The van der Waals surface area contributed by atoms with E-state index in [0.717, 1.165) is 6.42 Å². The third-order valence-corrected chi connectivity index (χ3v) is 11.7. The lowest BCUT2D eigenvalue weighted by atomic mass is 10.4. The van der Waals surface area contributed by atoms with Gasteiger partial charge in [0.25, 0.3) is 0 Å². The lowest BCUT2D eigenvalue weighted by Gasteiger charge is -2.36. The fraction of sp³-hybridized carbons (Fsp3) is 0.111. The summed E-state index contributed by atoms with van der Waals surface area (Å²) in [7, 11) is -1.12. The maximum absolute atomic E-state index is 6.24. The van der Waals surface area contributed by atoms with Crippen LogP contribution in [0.15, 0.2) is 121 Å². The van der Waals surface area contributed by atoms with Gasteiger partial charge in [-0.3, -0.25) is 0 Å². The van der Waals surface area contributed by atoms with Crippen molar-refractivity contribution >= 4 is 37.1 Å². The first kappa shape index (κ1) is 21.0. The molecule has 1 nitrogen and oxygen atoms in total. The van der Waals surface area contributed by atoms with E-state index in [1.54, 1.807) is 0 Å². The Morgan fingerprint density at radius 2 is 0.733 bits per heavy atom. The Morgan fingerprint density at radius 3 is 0.967 bits per heavy atom. The molecule has 0 bridgehead atoms. The van der Waals surface area contributed by atoms with Crippen LogP contribution < -0.4 is 27.0 Å². The van der Waals surface area contributed by atoms with Crippen molar-refractivity contribution in [3.63, 3.8) is 0 Å². The second kappa shape index (κ2) is 10.6. The molecule has 3 heteroatoms. The largest absolute Gasteiger partial charge is 0.330 e. The minimum atomic E-state index is -0.558. The molecular formula is C27H27NP2. The fourth-order valence-electron chi connectivity index (χ4n) is 3.86. The summed E-state index contributed by atoms with van der Waals surface area (Å²) in [4.78, 5) is 0. The predicted molar refractivity (Wildman–Crippen MR) is 136 cm³/mol. The number of hydrogen-bond donors (Lipinski definition) is 1. The molecular weight excluding hydrogens is 400 g/mol. The molecule has 4 rings (SSSR count). The monoisotopic (exact) mass is 427 g/mol. The van der Waals surface area contributed by atoms with Crippen molar-refractivity contribution in [1.29, 1.82) is 0 Å². The zero-order valence-corrected chi connectivity index (χ0v) is 18.8. The van der Waals surface area contributed by atoms with Crippen LogP contribution in [0.2, 0.25) is 0 Å². The van der Waals surface area contributed by atoms with Crippen molar-refractivity contribution in [1.82, 2.24) is 0 Å². The van der Waals surface area contributed by atoms with Gasteiger partial charge < -0.3 is 5.73 Å². The average Bonchev–Trinajstić information content (AvgIpc) is 2.82. The van der Waals surface area contributed by atoms with Gasteiger partial charge in [0.2, 0.25) is 0 Å². The zero-order valence-electron chi connectivity index (χ0n) is 17.0. The van der Waals surface area contributed by atoms with Crippen molar-refractivity contribution < 1.29 is 0 Å². The topological polar surface area (TPSA) is 26.0 Å². The van der Waals surface area contributed by atoms with Gasteiger partial charge >= 0.3 is 0 Å². The van der Waals surface area contributed by atoms with Crippen molar-refractivity contribution in [2.24, 2.45) is 5.73 Å². The van der Waals surface area contributed by atoms with Gasteiger partial charge in [0, 0.05) is 5.40 Å². The minimum Gasteiger partial charge on any atom is -0.330 e. The van der Waals surface area contributed by atoms with E-state index in [4.69, 9.17) is 5.73 Å². The predicted octanol–water partition coefficient (Wildman–Crippen LogP) is 4.93. The Labute approximate surface area is 182 Å². The third kappa shape index (κ3) is 4.88. The summed E-state index contributed by atoms with van der Waals surface area (Å²) in [5.74, 6) is 0.